The number of carbonyl (C=O) groups excluding carboxylic acids is 2. The van der Waals surface area contributed by atoms with Crippen LogP contribution in [-0.2, 0) is 16.8 Å². The SMILES string of the molecule is O=C(C[C@]1(O)C(=O)N(CCc2ccccc2)c2ccccc21)c1ccccc1O. The molecule has 0 fully saturated rings. The van der Waals surface area contributed by atoms with Crippen LogP contribution in [-0.4, -0.2) is 28.4 Å². The van der Waals surface area contributed by atoms with Crippen LogP contribution in [0.1, 0.15) is 27.9 Å². The number of aliphatic hydroxyl groups is 1. The van der Waals surface area contributed by atoms with Gasteiger partial charge < -0.3 is 15.1 Å². The van der Waals surface area contributed by atoms with Gasteiger partial charge in [-0.1, -0.05) is 60.7 Å². The number of phenols is 1. The van der Waals surface area contributed by atoms with Crippen molar-refractivity contribution in [2.24, 2.45) is 0 Å². The molecule has 146 valence electrons. The van der Waals surface area contributed by atoms with Crippen molar-refractivity contribution in [3.63, 3.8) is 0 Å². The molecule has 1 amide bonds. The molecule has 3 aromatic carbocycles. The monoisotopic (exact) mass is 387 g/mol. The van der Waals surface area contributed by atoms with Crippen LogP contribution in [0.2, 0.25) is 0 Å². The van der Waals surface area contributed by atoms with E-state index in [0.29, 0.717) is 24.2 Å². The van der Waals surface area contributed by atoms with E-state index in [0.717, 1.165) is 5.56 Å². The summed E-state index contributed by atoms with van der Waals surface area (Å²) in [5.41, 5.74) is 0.252. The Morgan fingerprint density at radius 3 is 2.31 bits per heavy atom. The number of hydrogen-bond acceptors (Lipinski definition) is 4. The number of rotatable bonds is 6. The van der Waals surface area contributed by atoms with E-state index in [4.69, 9.17) is 0 Å². The fourth-order valence-corrected chi connectivity index (χ4v) is 3.82. The van der Waals surface area contributed by atoms with Crippen LogP contribution in [0.4, 0.5) is 5.69 Å². The van der Waals surface area contributed by atoms with Gasteiger partial charge in [0.25, 0.3) is 5.91 Å². The molecule has 0 saturated carbocycles. The zero-order valence-corrected chi connectivity index (χ0v) is 15.8. The van der Waals surface area contributed by atoms with Crippen LogP contribution in [0.25, 0.3) is 0 Å². The first-order chi connectivity index (χ1) is 14.0. The fraction of sp³-hybridized carbons (Fsp3) is 0.167. The molecule has 29 heavy (non-hydrogen) atoms. The number of phenolic OH excluding ortho intramolecular Hbond substituents is 1. The van der Waals surface area contributed by atoms with E-state index in [1.165, 1.54) is 12.1 Å². The van der Waals surface area contributed by atoms with Gasteiger partial charge >= 0.3 is 0 Å². The van der Waals surface area contributed by atoms with Gasteiger partial charge in [-0.2, -0.15) is 0 Å². The summed E-state index contributed by atoms with van der Waals surface area (Å²) in [6.07, 6.45) is 0.201. The van der Waals surface area contributed by atoms with Crippen molar-refractivity contribution in [3.8, 4) is 5.75 Å². The molecule has 0 bridgehead atoms. The van der Waals surface area contributed by atoms with Crippen LogP contribution in [0, 0.1) is 0 Å². The minimum atomic E-state index is -1.95. The third kappa shape index (κ3) is 3.41. The minimum absolute atomic E-state index is 0.0916. The van der Waals surface area contributed by atoms with Crippen molar-refractivity contribution < 1.29 is 19.8 Å². The average molecular weight is 387 g/mol. The molecule has 0 aliphatic carbocycles. The molecule has 0 saturated heterocycles. The molecule has 2 N–H and O–H groups in total. The lowest BCUT2D eigenvalue weighted by atomic mass is 9.88. The molecule has 3 aromatic rings. The first-order valence-electron chi connectivity index (χ1n) is 9.49. The molecule has 1 aliphatic heterocycles. The maximum Gasteiger partial charge on any atom is 0.264 e. The summed E-state index contributed by atoms with van der Waals surface area (Å²) >= 11 is 0. The van der Waals surface area contributed by atoms with Crippen LogP contribution >= 0.6 is 0 Å². The Bertz CT molecular complexity index is 1060. The molecule has 4 rings (SSSR count). The van der Waals surface area contributed by atoms with Crippen LogP contribution in [0.5, 0.6) is 5.75 Å². The van der Waals surface area contributed by atoms with Crippen molar-refractivity contribution in [2.45, 2.75) is 18.4 Å². The Hall–Kier alpha value is -3.44. The number of Topliss-reactive ketones (excluding diaryl/α,β-unsaturated/α-hetero) is 1. The summed E-state index contributed by atoms with van der Waals surface area (Å²) in [5, 5.41) is 21.3. The molecule has 0 spiro atoms. The molecule has 1 atom stereocenters. The van der Waals surface area contributed by atoms with Gasteiger partial charge in [0, 0.05) is 12.1 Å². The number of hydrogen-bond donors (Lipinski definition) is 2. The van der Waals surface area contributed by atoms with E-state index in [2.05, 4.69) is 0 Å². The Kier molecular flexibility index (Phi) is 4.91. The molecule has 0 radical (unpaired) electrons. The standard InChI is InChI=1S/C24H21NO4/c26-21-13-7-4-10-18(21)22(27)16-24(29)19-11-5-6-12-20(19)25(23(24)28)15-14-17-8-2-1-3-9-17/h1-13,26,29H,14-16H2/t24-/m1/s1. The molecular weight excluding hydrogens is 366 g/mol. The van der Waals surface area contributed by atoms with Gasteiger partial charge in [-0.3, -0.25) is 9.59 Å². The summed E-state index contributed by atoms with van der Waals surface area (Å²) in [6.45, 7) is 0.396. The quantitative estimate of drug-likeness (QED) is 0.635. The number of benzene rings is 3. The summed E-state index contributed by atoms with van der Waals surface area (Å²) in [6, 6.07) is 22.9. The molecule has 0 unspecified atom stereocenters. The van der Waals surface area contributed by atoms with Gasteiger partial charge in [0.1, 0.15) is 5.75 Å². The second-order valence-electron chi connectivity index (χ2n) is 7.19. The second-order valence-corrected chi connectivity index (χ2v) is 7.19. The summed E-state index contributed by atoms with van der Waals surface area (Å²) in [7, 11) is 0. The normalized spacial score (nSPS) is 18.0. The van der Waals surface area contributed by atoms with E-state index >= 15 is 0 Å². The molecule has 1 aliphatic rings. The van der Waals surface area contributed by atoms with Gasteiger partial charge in [0.15, 0.2) is 11.4 Å². The molecular formula is C24H21NO4. The number of ketones is 1. The van der Waals surface area contributed by atoms with Gasteiger partial charge in [-0.25, -0.2) is 0 Å². The largest absolute Gasteiger partial charge is 0.507 e. The van der Waals surface area contributed by atoms with Gasteiger partial charge in [0.2, 0.25) is 0 Å². The Morgan fingerprint density at radius 2 is 1.55 bits per heavy atom. The highest BCUT2D eigenvalue weighted by molar-refractivity contribution is 6.11. The fourth-order valence-electron chi connectivity index (χ4n) is 3.82. The number of nitrogens with zero attached hydrogens (tertiary/aromatic N) is 1. The Labute approximate surface area is 168 Å². The van der Waals surface area contributed by atoms with Crippen molar-refractivity contribution >= 4 is 17.4 Å². The van der Waals surface area contributed by atoms with Crippen molar-refractivity contribution in [2.75, 3.05) is 11.4 Å². The lowest BCUT2D eigenvalue weighted by Gasteiger charge is -2.23. The molecule has 5 nitrogen and oxygen atoms in total. The maximum absolute atomic E-state index is 13.2. The van der Waals surface area contributed by atoms with Crippen molar-refractivity contribution in [1.29, 1.82) is 0 Å². The lowest BCUT2D eigenvalue weighted by Crippen LogP contribution is -2.42. The van der Waals surface area contributed by atoms with Gasteiger partial charge in [-0.15, -0.1) is 0 Å². The van der Waals surface area contributed by atoms with Crippen LogP contribution in [0.3, 0.4) is 0 Å². The van der Waals surface area contributed by atoms with E-state index in [1.54, 1.807) is 41.3 Å². The van der Waals surface area contributed by atoms with Crippen molar-refractivity contribution in [3.05, 3.63) is 95.6 Å². The maximum atomic E-state index is 13.2. The van der Waals surface area contributed by atoms with Crippen LogP contribution < -0.4 is 4.90 Å². The van der Waals surface area contributed by atoms with Crippen molar-refractivity contribution in [1.82, 2.24) is 0 Å². The van der Waals surface area contributed by atoms with Crippen LogP contribution in [0.15, 0.2) is 78.9 Å². The number of para-hydroxylation sites is 2. The highest BCUT2D eigenvalue weighted by Crippen LogP contribution is 2.43. The third-order valence-electron chi connectivity index (χ3n) is 5.33. The molecule has 5 heteroatoms. The third-order valence-corrected chi connectivity index (χ3v) is 5.33. The summed E-state index contributed by atoms with van der Waals surface area (Å²) < 4.78 is 0. The predicted octanol–water partition coefficient (Wildman–Crippen LogP) is 3.44. The Balaban J connectivity index is 1.63. The second kappa shape index (κ2) is 7.53. The number of anilines is 1. The summed E-state index contributed by atoms with van der Waals surface area (Å²) in [4.78, 5) is 27.5. The predicted molar refractivity (Wildman–Crippen MR) is 110 cm³/mol. The minimum Gasteiger partial charge on any atom is -0.507 e. The first kappa shape index (κ1) is 18.9. The number of carbonyl (C=O) groups is 2. The number of aromatic hydroxyl groups is 1. The van der Waals surface area contributed by atoms with E-state index in [-0.39, 0.29) is 11.3 Å². The average Bonchev–Trinajstić information content (AvgIpc) is 2.94. The zero-order chi connectivity index (χ0) is 20.4. The van der Waals surface area contributed by atoms with E-state index < -0.39 is 23.7 Å². The summed E-state index contributed by atoms with van der Waals surface area (Å²) in [5.74, 6) is -1.17. The first-order valence-corrected chi connectivity index (χ1v) is 9.49. The highest BCUT2D eigenvalue weighted by atomic mass is 16.3. The Morgan fingerprint density at radius 1 is 0.897 bits per heavy atom. The molecule has 0 aromatic heterocycles. The zero-order valence-electron chi connectivity index (χ0n) is 15.8. The smallest absolute Gasteiger partial charge is 0.264 e. The number of fused-ring (bicyclic) bond motifs is 1. The lowest BCUT2D eigenvalue weighted by molar-refractivity contribution is -0.135. The van der Waals surface area contributed by atoms with E-state index in [9.17, 15) is 19.8 Å². The van der Waals surface area contributed by atoms with Gasteiger partial charge in [0.05, 0.1) is 17.7 Å². The van der Waals surface area contributed by atoms with E-state index in [1.807, 2.05) is 30.3 Å². The van der Waals surface area contributed by atoms with Gasteiger partial charge in [-0.05, 0) is 30.2 Å². The highest BCUT2D eigenvalue weighted by Gasteiger charge is 2.50. The topological polar surface area (TPSA) is 77.8 Å². The molecule has 1 heterocycles. The number of amides is 1.